The fraction of sp³-hybridized carbons (Fsp3) is 0.600. The second-order valence-corrected chi connectivity index (χ2v) is 7.54. The Labute approximate surface area is 148 Å². The zero-order valence-corrected chi connectivity index (χ0v) is 15.3. The number of nitrogens with one attached hydrogen (secondary N) is 2. The van der Waals surface area contributed by atoms with Crippen LogP contribution in [0.3, 0.4) is 0 Å². The minimum absolute atomic E-state index is 0. The molecule has 0 spiro atoms. The molecule has 136 valence electrons. The summed E-state index contributed by atoms with van der Waals surface area (Å²) < 4.78 is 27.5. The molecule has 2 N–H and O–H groups in total. The Bertz CT molecular complexity index is 661. The van der Waals surface area contributed by atoms with Gasteiger partial charge in [-0.05, 0) is 50.3 Å². The molecule has 24 heavy (non-hydrogen) atoms. The Morgan fingerprint density at radius 3 is 2.75 bits per heavy atom. The molecular formula is C15H24ClN3O4S. The highest BCUT2D eigenvalue weighted by molar-refractivity contribution is 7.89. The molecule has 1 aromatic carbocycles. The van der Waals surface area contributed by atoms with Gasteiger partial charge < -0.3 is 5.32 Å². The lowest BCUT2D eigenvalue weighted by molar-refractivity contribution is -0.385. The summed E-state index contributed by atoms with van der Waals surface area (Å²) in [4.78, 5) is 10.3. The zero-order chi connectivity index (χ0) is 16.9. The van der Waals surface area contributed by atoms with Gasteiger partial charge in [0.15, 0.2) is 0 Å². The third-order valence-corrected chi connectivity index (χ3v) is 5.72. The molecule has 0 radical (unpaired) electrons. The minimum atomic E-state index is -3.73. The monoisotopic (exact) mass is 377 g/mol. The van der Waals surface area contributed by atoms with E-state index in [9.17, 15) is 18.5 Å². The number of hydrogen-bond acceptors (Lipinski definition) is 5. The van der Waals surface area contributed by atoms with Crippen LogP contribution >= 0.6 is 12.4 Å². The molecule has 1 aromatic rings. The summed E-state index contributed by atoms with van der Waals surface area (Å²) >= 11 is 0. The smallest absolute Gasteiger partial charge is 0.270 e. The van der Waals surface area contributed by atoms with Crippen molar-refractivity contribution in [1.29, 1.82) is 0 Å². The van der Waals surface area contributed by atoms with Crippen molar-refractivity contribution in [2.75, 3.05) is 19.6 Å². The van der Waals surface area contributed by atoms with Gasteiger partial charge in [-0.25, -0.2) is 13.1 Å². The topological polar surface area (TPSA) is 101 Å². The standard InChI is InChI=1S/C15H23N3O4S.ClH/c1-2-13-5-6-14(18(19)20)10-15(13)23(21,22)17-9-7-12-4-3-8-16-11-12;/h5-6,10,12,16-17H,2-4,7-9,11H2,1H3;1H. The molecule has 0 bridgehead atoms. The number of nitrogens with zero attached hydrogens (tertiary/aromatic N) is 1. The van der Waals surface area contributed by atoms with Gasteiger partial charge in [0, 0.05) is 18.7 Å². The summed E-state index contributed by atoms with van der Waals surface area (Å²) in [5.74, 6) is 0.474. The Morgan fingerprint density at radius 1 is 1.42 bits per heavy atom. The molecule has 0 aromatic heterocycles. The highest BCUT2D eigenvalue weighted by Crippen LogP contribution is 2.23. The number of non-ortho nitro benzene ring substituents is 1. The fourth-order valence-corrected chi connectivity index (χ4v) is 4.22. The average Bonchev–Trinajstić information content (AvgIpc) is 2.55. The van der Waals surface area contributed by atoms with Crippen molar-refractivity contribution in [1.82, 2.24) is 10.0 Å². The fourth-order valence-electron chi connectivity index (χ4n) is 2.84. The van der Waals surface area contributed by atoms with Crippen molar-refractivity contribution >= 4 is 28.1 Å². The van der Waals surface area contributed by atoms with Crippen molar-refractivity contribution in [3.8, 4) is 0 Å². The maximum absolute atomic E-state index is 12.5. The molecule has 0 amide bonds. The van der Waals surface area contributed by atoms with Gasteiger partial charge in [0.25, 0.3) is 5.69 Å². The average molecular weight is 378 g/mol. The first-order valence-corrected chi connectivity index (χ1v) is 9.40. The molecule has 1 fully saturated rings. The Hall–Kier alpha value is -1.22. The summed E-state index contributed by atoms with van der Waals surface area (Å²) in [6, 6.07) is 3.99. The van der Waals surface area contributed by atoms with Crippen molar-refractivity contribution in [2.24, 2.45) is 5.92 Å². The van der Waals surface area contributed by atoms with Crippen LogP contribution in [-0.2, 0) is 16.4 Å². The first kappa shape index (κ1) is 20.8. The van der Waals surface area contributed by atoms with Gasteiger partial charge in [-0.1, -0.05) is 13.0 Å². The van der Waals surface area contributed by atoms with Crippen molar-refractivity contribution in [2.45, 2.75) is 37.5 Å². The summed E-state index contributed by atoms with van der Waals surface area (Å²) in [6.07, 6.45) is 3.48. The molecule has 1 aliphatic heterocycles. The lowest BCUT2D eigenvalue weighted by Gasteiger charge is -2.22. The van der Waals surface area contributed by atoms with Gasteiger partial charge >= 0.3 is 0 Å². The molecule has 1 unspecified atom stereocenters. The van der Waals surface area contributed by atoms with Crippen LogP contribution in [-0.4, -0.2) is 33.0 Å². The molecule has 1 heterocycles. The second kappa shape index (κ2) is 9.31. The van der Waals surface area contributed by atoms with E-state index in [1.54, 1.807) is 0 Å². The van der Waals surface area contributed by atoms with Gasteiger partial charge in [0.2, 0.25) is 10.0 Å². The number of nitro benzene ring substituents is 1. The molecule has 0 saturated carbocycles. The summed E-state index contributed by atoms with van der Waals surface area (Å²) in [7, 11) is -3.73. The van der Waals surface area contributed by atoms with Crippen LogP contribution in [0, 0.1) is 16.0 Å². The number of aryl methyl sites for hydroxylation is 1. The molecule has 1 saturated heterocycles. The highest BCUT2D eigenvalue weighted by atomic mass is 35.5. The van der Waals surface area contributed by atoms with E-state index in [4.69, 9.17) is 0 Å². The Balaban J connectivity index is 0.00000288. The number of nitro groups is 1. The van der Waals surface area contributed by atoms with Crippen molar-refractivity contribution < 1.29 is 13.3 Å². The molecule has 2 rings (SSSR count). The van der Waals surface area contributed by atoms with Gasteiger partial charge in [0.05, 0.1) is 9.82 Å². The van der Waals surface area contributed by atoms with E-state index in [-0.39, 0.29) is 23.0 Å². The number of piperidine rings is 1. The van der Waals surface area contributed by atoms with E-state index >= 15 is 0 Å². The second-order valence-electron chi connectivity index (χ2n) is 5.80. The van der Waals surface area contributed by atoms with Gasteiger partial charge in [0.1, 0.15) is 0 Å². The lowest BCUT2D eigenvalue weighted by atomic mass is 9.96. The lowest BCUT2D eigenvalue weighted by Crippen LogP contribution is -2.33. The molecule has 0 aliphatic carbocycles. The quantitative estimate of drug-likeness (QED) is 0.560. The van der Waals surface area contributed by atoms with Gasteiger partial charge in [-0.2, -0.15) is 0 Å². The first-order chi connectivity index (χ1) is 10.9. The first-order valence-electron chi connectivity index (χ1n) is 7.91. The van der Waals surface area contributed by atoms with E-state index < -0.39 is 14.9 Å². The Kier molecular flexibility index (Phi) is 8.08. The van der Waals surface area contributed by atoms with E-state index in [0.717, 1.165) is 38.4 Å². The van der Waals surface area contributed by atoms with Gasteiger partial charge in [-0.15, -0.1) is 12.4 Å². The summed E-state index contributed by atoms with van der Waals surface area (Å²) in [5.41, 5.74) is 0.376. The maximum Gasteiger partial charge on any atom is 0.270 e. The highest BCUT2D eigenvalue weighted by Gasteiger charge is 2.22. The van der Waals surface area contributed by atoms with Gasteiger partial charge in [-0.3, -0.25) is 10.1 Å². The van der Waals surface area contributed by atoms with Crippen LogP contribution in [0.4, 0.5) is 5.69 Å². The number of benzene rings is 1. The third-order valence-electron chi connectivity index (χ3n) is 4.18. The molecule has 7 nitrogen and oxygen atoms in total. The third kappa shape index (κ3) is 5.41. The minimum Gasteiger partial charge on any atom is -0.316 e. The predicted octanol–water partition coefficient (Wildman–Crippen LogP) is 2.25. The van der Waals surface area contributed by atoms with Crippen LogP contribution < -0.4 is 10.0 Å². The van der Waals surface area contributed by atoms with E-state index in [2.05, 4.69) is 10.0 Å². The van der Waals surface area contributed by atoms with E-state index in [1.165, 1.54) is 12.1 Å². The number of halogens is 1. The zero-order valence-electron chi connectivity index (χ0n) is 13.7. The predicted molar refractivity (Wildman–Crippen MR) is 95.1 cm³/mol. The summed E-state index contributed by atoms with van der Waals surface area (Å²) in [5, 5.41) is 14.2. The summed E-state index contributed by atoms with van der Waals surface area (Å²) in [6.45, 7) is 4.11. The van der Waals surface area contributed by atoms with Crippen LogP contribution in [0.15, 0.2) is 23.1 Å². The normalized spacial score (nSPS) is 18.0. The number of hydrogen-bond donors (Lipinski definition) is 2. The van der Waals surface area contributed by atoms with E-state index in [1.807, 2.05) is 6.92 Å². The van der Waals surface area contributed by atoms with Crippen molar-refractivity contribution in [3.63, 3.8) is 0 Å². The largest absolute Gasteiger partial charge is 0.316 e. The molecule has 1 atom stereocenters. The molecule has 9 heteroatoms. The van der Waals surface area contributed by atoms with E-state index in [0.29, 0.717) is 24.4 Å². The number of rotatable bonds is 7. The molecule has 1 aliphatic rings. The van der Waals surface area contributed by atoms with Crippen LogP contribution in [0.2, 0.25) is 0 Å². The SMILES string of the molecule is CCc1ccc([N+](=O)[O-])cc1S(=O)(=O)NCCC1CCCNC1.Cl. The van der Waals surface area contributed by atoms with Crippen LogP contribution in [0.1, 0.15) is 31.7 Å². The Morgan fingerprint density at radius 2 is 2.17 bits per heavy atom. The van der Waals surface area contributed by atoms with Crippen LogP contribution in [0.25, 0.3) is 0 Å². The van der Waals surface area contributed by atoms with Crippen LogP contribution in [0.5, 0.6) is 0 Å². The van der Waals surface area contributed by atoms with Crippen molar-refractivity contribution in [3.05, 3.63) is 33.9 Å². The molecular weight excluding hydrogens is 354 g/mol. The maximum atomic E-state index is 12.5. The number of sulfonamides is 1.